The molecule has 0 aliphatic heterocycles. The lowest BCUT2D eigenvalue weighted by Gasteiger charge is -2.08. The molecule has 0 aliphatic rings. The molecule has 24 heavy (non-hydrogen) atoms. The predicted octanol–water partition coefficient (Wildman–Crippen LogP) is 3.47. The van der Waals surface area contributed by atoms with Crippen molar-refractivity contribution in [1.82, 2.24) is 5.43 Å². The summed E-state index contributed by atoms with van der Waals surface area (Å²) in [4.78, 5) is 23.6. The molecule has 2 aromatic rings. The van der Waals surface area contributed by atoms with Gasteiger partial charge in [0.2, 0.25) is 11.8 Å². The van der Waals surface area contributed by atoms with Crippen molar-refractivity contribution in [2.45, 2.75) is 19.8 Å². The average molecular weight is 435 g/mol. The van der Waals surface area contributed by atoms with Crippen LogP contribution in [0.15, 0.2) is 53.6 Å². The van der Waals surface area contributed by atoms with E-state index in [1.807, 2.05) is 55.5 Å². The summed E-state index contributed by atoms with van der Waals surface area (Å²) in [5.74, 6) is -0.488. The molecule has 2 amide bonds. The molecule has 0 aromatic heterocycles. The van der Waals surface area contributed by atoms with Gasteiger partial charge in [0.05, 0.1) is 6.21 Å². The van der Waals surface area contributed by atoms with Crippen molar-refractivity contribution in [3.8, 4) is 0 Å². The average Bonchev–Trinajstić information content (AvgIpc) is 2.56. The molecular weight excluding hydrogens is 417 g/mol. The largest absolute Gasteiger partial charge is 0.326 e. The number of carbonyl (C=O) groups is 2. The molecule has 5 nitrogen and oxygen atoms in total. The van der Waals surface area contributed by atoms with Gasteiger partial charge in [-0.05, 0) is 58.8 Å². The van der Waals surface area contributed by atoms with Crippen LogP contribution >= 0.6 is 22.6 Å². The first-order valence-corrected chi connectivity index (χ1v) is 8.55. The molecule has 0 saturated carbocycles. The van der Waals surface area contributed by atoms with Gasteiger partial charge in [-0.2, -0.15) is 5.10 Å². The second kappa shape index (κ2) is 9.17. The van der Waals surface area contributed by atoms with E-state index in [0.717, 1.165) is 20.4 Å². The Morgan fingerprint density at radius 3 is 2.50 bits per heavy atom. The van der Waals surface area contributed by atoms with E-state index in [9.17, 15) is 9.59 Å². The molecule has 0 radical (unpaired) electrons. The van der Waals surface area contributed by atoms with E-state index in [2.05, 4.69) is 38.4 Å². The van der Waals surface area contributed by atoms with Crippen LogP contribution in [0.2, 0.25) is 0 Å². The maximum Gasteiger partial charge on any atom is 0.240 e. The highest BCUT2D eigenvalue weighted by atomic mass is 127. The summed E-state index contributed by atoms with van der Waals surface area (Å²) in [6.45, 7) is 1.93. The third-order valence-electron chi connectivity index (χ3n) is 3.24. The van der Waals surface area contributed by atoms with E-state index in [-0.39, 0.29) is 24.7 Å². The number of nitrogens with one attached hydrogen (secondary N) is 2. The molecule has 0 fully saturated rings. The molecule has 0 saturated heterocycles. The first-order chi connectivity index (χ1) is 11.5. The van der Waals surface area contributed by atoms with Gasteiger partial charge in [-0.15, -0.1) is 0 Å². The highest BCUT2D eigenvalue weighted by Gasteiger charge is 2.08. The fraction of sp³-hybridized carbons (Fsp3) is 0.167. The van der Waals surface area contributed by atoms with Crippen LogP contribution in [0.1, 0.15) is 24.0 Å². The number of anilines is 1. The van der Waals surface area contributed by atoms with Crippen molar-refractivity contribution in [2.75, 3.05) is 5.32 Å². The number of rotatable bonds is 6. The van der Waals surface area contributed by atoms with Gasteiger partial charge in [-0.25, -0.2) is 5.43 Å². The van der Waals surface area contributed by atoms with Crippen LogP contribution in [0.25, 0.3) is 0 Å². The maximum atomic E-state index is 11.9. The number of aryl methyl sites for hydroxylation is 1. The maximum absolute atomic E-state index is 11.9. The quantitative estimate of drug-likeness (QED) is 0.415. The Kier molecular flexibility index (Phi) is 6.92. The van der Waals surface area contributed by atoms with Gasteiger partial charge in [0.15, 0.2) is 0 Å². The zero-order chi connectivity index (χ0) is 17.4. The lowest BCUT2D eigenvalue weighted by atomic mass is 10.2. The van der Waals surface area contributed by atoms with Crippen LogP contribution in [0.5, 0.6) is 0 Å². The fourth-order valence-corrected chi connectivity index (χ4v) is 2.63. The standard InChI is InChI=1S/C18H18IN3O2/c1-13-11-15(19)7-8-16(13)21-17(23)9-10-18(24)22-20-12-14-5-3-2-4-6-14/h2-8,11-12H,9-10H2,1H3,(H,21,23)(H,22,24)/b20-12+. The van der Waals surface area contributed by atoms with Crippen molar-refractivity contribution in [1.29, 1.82) is 0 Å². The highest BCUT2D eigenvalue weighted by molar-refractivity contribution is 14.1. The monoisotopic (exact) mass is 435 g/mol. The number of hydrogen-bond acceptors (Lipinski definition) is 3. The first-order valence-electron chi connectivity index (χ1n) is 7.47. The van der Waals surface area contributed by atoms with Crippen LogP contribution in [0, 0.1) is 10.5 Å². The number of benzene rings is 2. The van der Waals surface area contributed by atoms with Gasteiger partial charge >= 0.3 is 0 Å². The Morgan fingerprint density at radius 1 is 1.08 bits per heavy atom. The minimum absolute atomic E-state index is 0.0847. The Bertz CT molecular complexity index is 745. The Hall–Kier alpha value is -2.22. The molecule has 2 aromatic carbocycles. The molecule has 0 spiro atoms. The normalized spacial score (nSPS) is 10.6. The Labute approximate surface area is 154 Å². The van der Waals surface area contributed by atoms with Crippen LogP contribution in [0.4, 0.5) is 5.69 Å². The smallest absolute Gasteiger partial charge is 0.240 e. The number of carbonyl (C=O) groups excluding carboxylic acids is 2. The fourth-order valence-electron chi connectivity index (χ4n) is 1.98. The number of hydrogen-bond donors (Lipinski definition) is 2. The summed E-state index contributed by atoms with van der Waals surface area (Å²) in [5, 5.41) is 6.68. The predicted molar refractivity (Wildman–Crippen MR) is 104 cm³/mol. The molecule has 2 rings (SSSR count). The van der Waals surface area contributed by atoms with Crippen molar-refractivity contribution in [3.63, 3.8) is 0 Å². The van der Waals surface area contributed by atoms with Gasteiger partial charge < -0.3 is 5.32 Å². The molecule has 0 aliphatic carbocycles. The van der Waals surface area contributed by atoms with Crippen molar-refractivity contribution in [2.24, 2.45) is 5.10 Å². The Morgan fingerprint density at radius 2 is 1.79 bits per heavy atom. The Balaban J connectivity index is 1.75. The minimum atomic E-state index is -0.295. The topological polar surface area (TPSA) is 70.6 Å². The number of hydrazone groups is 1. The molecule has 0 bridgehead atoms. The van der Waals surface area contributed by atoms with Crippen molar-refractivity contribution in [3.05, 3.63) is 63.2 Å². The molecule has 0 unspecified atom stereocenters. The number of nitrogens with zero attached hydrogens (tertiary/aromatic N) is 1. The van der Waals surface area contributed by atoms with Crippen LogP contribution < -0.4 is 10.7 Å². The second-order valence-corrected chi connectivity index (χ2v) is 6.46. The first kappa shape index (κ1) is 18.1. The van der Waals surface area contributed by atoms with E-state index < -0.39 is 0 Å². The summed E-state index contributed by atoms with van der Waals surface area (Å²) in [5.41, 5.74) is 5.07. The lowest BCUT2D eigenvalue weighted by molar-refractivity contribution is -0.124. The van der Waals surface area contributed by atoms with Crippen LogP contribution in [-0.4, -0.2) is 18.0 Å². The molecule has 6 heteroatoms. The minimum Gasteiger partial charge on any atom is -0.326 e. The van der Waals surface area contributed by atoms with Gasteiger partial charge in [0.1, 0.15) is 0 Å². The lowest BCUT2D eigenvalue weighted by Crippen LogP contribution is -2.20. The third-order valence-corrected chi connectivity index (χ3v) is 3.92. The van der Waals surface area contributed by atoms with Crippen molar-refractivity contribution < 1.29 is 9.59 Å². The molecule has 2 N–H and O–H groups in total. The van der Waals surface area contributed by atoms with E-state index in [4.69, 9.17) is 0 Å². The van der Waals surface area contributed by atoms with Gasteiger partial charge in [0, 0.05) is 22.1 Å². The summed E-state index contributed by atoms with van der Waals surface area (Å²) in [7, 11) is 0. The van der Waals surface area contributed by atoms with Gasteiger partial charge in [0.25, 0.3) is 0 Å². The molecule has 0 atom stereocenters. The van der Waals surface area contributed by atoms with E-state index >= 15 is 0 Å². The van der Waals surface area contributed by atoms with Crippen molar-refractivity contribution >= 4 is 46.3 Å². The van der Waals surface area contributed by atoms with Gasteiger partial charge in [-0.3, -0.25) is 9.59 Å². The van der Waals surface area contributed by atoms with Crippen LogP contribution in [-0.2, 0) is 9.59 Å². The third kappa shape index (κ3) is 6.11. The summed E-state index contributed by atoms with van der Waals surface area (Å²) in [6.07, 6.45) is 1.76. The second-order valence-electron chi connectivity index (χ2n) is 5.21. The molecule has 0 heterocycles. The summed E-state index contributed by atoms with van der Waals surface area (Å²) in [6, 6.07) is 15.2. The number of halogens is 1. The SMILES string of the molecule is Cc1cc(I)ccc1NC(=O)CCC(=O)N/N=C/c1ccccc1. The summed E-state index contributed by atoms with van der Waals surface area (Å²) < 4.78 is 1.11. The number of amides is 2. The molecule has 124 valence electrons. The molecular formula is C18H18IN3O2. The van der Waals surface area contributed by atoms with Crippen LogP contribution in [0.3, 0.4) is 0 Å². The zero-order valence-electron chi connectivity index (χ0n) is 13.3. The van der Waals surface area contributed by atoms with E-state index in [1.165, 1.54) is 0 Å². The zero-order valence-corrected chi connectivity index (χ0v) is 15.4. The highest BCUT2D eigenvalue weighted by Crippen LogP contribution is 2.17. The summed E-state index contributed by atoms with van der Waals surface area (Å²) >= 11 is 2.22. The van der Waals surface area contributed by atoms with E-state index in [0.29, 0.717) is 0 Å². The van der Waals surface area contributed by atoms with Gasteiger partial charge in [-0.1, -0.05) is 30.3 Å². The van der Waals surface area contributed by atoms with E-state index in [1.54, 1.807) is 6.21 Å².